The fourth-order valence-electron chi connectivity index (χ4n) is 1.73. The number of nitrogens with two attached hydrogens (primary N) is 1. The Morgan fingerprint density at radius 1 is 1.26 bits per heavy atom. The van der Waals surface area contributed by atoms with Gasteiger partial charge in [0, 0.05) is 15.6 Å². The van der Waals surface area contributed by atoms with Gasteiger partial charge in [0.05, 0.1) is 16.6 Å². The van der Waals surface area contributed by atoms with E-state index < -0.39 is 10.8 Å². The maximum Gasteiger partial charge on any atom is 0.123 e. The van der Waals surface area contributed by atoms with Gasteiger partial charge in [0.2, 0.25) is 0 Å². The van der Waals surface area contributed by atoms with Crippen molar-refractivity contribution in [2.24, 2.45) is 0 Å². The van der Waals surface area contributed by atoms with Crippen LogP contribution in [0.1, 0.15) is 11.1 Å². The Morgan fingerprint density at radius 2 is 2.00 bits per heavy atom. The first-order valence-electron chi connectivity index (χ1n) is 5.66. The van der Waals surface area contributed by atoms with Crippen LogP contribution in [-0.4, -0.2) is 4.21 Å². The number of benzene rings is 2. The smallest absolute Gasteiger partial charge is 0.123 e. The van der Waals surface area contributed by atoms with Crippen LogP contribution in [0.5, 0.6) is 0 Å². The summed E-state index contributed by atoms with van der Waals surface area (Å²) in [7, 11) is -1.31. The molecule has 2 rings (SSSR count). The van der Waals surface area contributed by atoms with Crippen LogP contribution in [0, 0.1) is 12.7 Å². The van der Waals surface area contributed by atoms with Gasteiger partial charge < -0.3 is 5.73 Å². The number of nitrogen functional groups attached to an aromatic ring is 1. The van der Waals surface area contributed by atoms with Crippen molar-refractivity contribution in [3.63, 3.8) is 0 Å². The summed E-state index contributed by atoms with van der Waals surface area (Å²) in [5.41, 5.74) is 7.67. The van der Waals surface area contributed by atoms with Crippen molar-refractivity contribution >= 4 is 28.1 Å². The van der Waals surface area contributed by atoms with Gasteiger partial charge in [0.15, 0.2) is 0 Å². The van der Waals surface area contributed by atoms with E-state index in [0.717, 1.165) is 5.56 Å². The lowest BCUT2D eigenvalue weighted by molar-refractivity contribution is 0.626. The highest BCUT2D eigenvalue weighted by Gasteiger charge is 2.11. The summed E-state index contributed by atoms with van der Waals surface area (Å²) in [6, 6.07) is 9.30. The van der Waals surface area contributed by atoms with Gasteiger partial charge in [0.25, 0.3) is 0 Å². The highest BCUT2D eigenvalue weighted by Crippen LogP contribution is 2.23. The summed E-state index contributed by atoms with van der Waals surface area (Å²) >= 11 is 5.97. The van der Waals surface area contributed by atoms with Crippen LogP contribution in [0.25, 0.3) is 0 Å². The van der Waals surface area contributed by atoms with Gasteiger partial charge in [-0.3, -0.25) is 4.21 Å². The Bertz CT molecular complexity index is 645. The lowest BCUT2D eigenvalue weighted by Crippen LogP contribution is -2.01. The average molecular weight is 298 g/mol. The molecule has 5 heteroatoms. The van der Waals surface area contributed by atoms with Gasteiger partial charge in [-0.05, 0) is 48.4 Å². The minimum atomic E-state index is -1.31. The van der Waals surface area contributed by atoms with Crippen LogP contribution in [0.2, 0.25) is 5.02 Å². The van der Waals surface area contributed by atoms with Gasteiger partial charge in [-0.25, -0.2) is 4.39 Å². The van der Waals surface area contributed by atoms with E-state index in [0.29, 0.717) is 21.2 Å². The molecule has 1 atom stereocenters. The summed E-state index contributed by atoms with van der Waals surface area (Å²) in [6.07, 6.45) is 0. The first-order valence-corrected chi connectivity index (χ1v) is 7.35. The van der Waals surface area contributed by atoms with Crippen LogP contribution in [0.3, 0.4) is 0 Å². The predicted molar refractivity (Wildman–Crippen MR) is 77.1 cm³/mol. The van der Waals surface area contributed by atoms with Gasteiger partial charge in [-0.2, -0.15) is 0 Å². The monoisotopic (exact) mass is 297 g/mol. The third-order valence-electron chi connectivity index (χ3n) is 2.75. The van der Waals surface area contributed by atoms with E-state index in [9.17, 15) is 8.60 Å². The molecule has 0 aliphatic rings. The number of anilines is 1. The summed E-state index contributed by atoms with van der Waals surface area (Å²) in [4.78, 5) is 0.653. The first-order chi connectivity index (χ1) is 8.97. The quantitative estimate of drug-likeness (QED) is 0.878. The maximum atomic E-state index is 13.2. The van der Waals surface area contributed by atoms with Gasteiger partial charge in [-0.1, -0.05) is 17.7 Å². The molecular formula is C14H13ClFNOS. The molecule has 0 aliphatic carbocycles. The molecule has 100 valence electrons. The van der Waals surface area contributed by atoms with Crippen LogP contribution in [-0.2, 0) is 16.6 Å². The Labute approximate surface area is 118 Å². The molecule has 2 N–H and O–H groups in total. The minimum Gasteiger partial charge on any atom is -0.399 e. The normalized spacial score (nSPS) is 12.4. The molecule has 2 aromatic carbocycles. The molecule has 0 saturated heterocycles. The topological polar surface area (TPSA) is 43.1 Å². The molecule has 19 heavy (non-hydrogen) atoms. The molecule has 0 amide bonds. The van der Waals surface area contributed by atoms with E-state index in [4.69, 9.17) is 17.3 Å². The molecule has 0 bridgehead atoms. The molecule has 0 fully saturated rings. The molecule has 0 radical (unpaired) electrons. The molecule has 0 spiro atoms. The molecule has 0 aromatic heterocycles. The lowest BCUT2D eigenvalue weighted by Gasteiger charge is -2.08. The second kappa shape index (κ2) is 5.72. The lowest BCUT2D eigenvalue weighted by atomic mass is 10.2. The van der Waals surface area contributed by atoms with E-state index in [1.807, 2.05) is 13.0 Å². The molecular weight excluding hydrogens is 285 g/mol. The second-order valence-electron chi connectivity index (χ2n) is 4.25. The highest BCUT2D eigenvalue weighted by atomic mass is 35.5. The van der Waals surface area contributed by atoms with Crippen molar-refractivity contribution in [1.29, 1.82) is 0 Å². The van der Waals surface area contributed by atoms with E-state index in [2.05, 4.69) is 0 Å². The van der Waals surface area contributed by atoms with Crippen molar-refractivity contribution in [2.75, 3.05) is 5.73 Å². The first kappa shape index (κ1) is 14.0. The SMILES string of the molecule is Cc1ccc(N)cc1S(=O)Cc1cc(F)ccc1Cl. The third kappa shape index (κ3) is 3.33. The van der Waals surface area contributed by atoms with Crippen molar-refractivity contribution in [2.45, 2.75) is 17.6 Å². The van der Waals surface area contributed by atoms with Crippen molar-refractivity contribution in [1.82, 2.24) is 0 Å². The largest absolute Gasteiger partial charge is 0.399 e. The standard InChI is InChI=1S/C14H13ClFNOS/c1-9-2-4-12(17)7-14(9)19(18)8-10-6-11(16)3-5-13(10)15/h2-7H,8,17H2,1H3. The summed E-state index contributed by atoms with van der Waals surface area (Å²) in [5, 5.41) is 0.413. The van der Waals surface area contributed by atoms with Crippen molar-refractivity contribution in [3.8, 4) is 0 Å². The second-order valence-corrected chi connectivity index (χ2v) is 6.08. The number of aryl methyl sites for hydroxylation is 1. The highest BCUT2D eigenvalue weighted by molar-refractivity contribution is 7.84. The number of rotatable bonds is 3. The Balaban J connectivity index is 2.30. The van der Waals surface area contributed by atoms with Crippen LogP contribution in [0.4, 0.5) is 10.1 Å². The van der Waals surface area contributed by atoms with E-state index in [1.165, 1.54) is 18.2 Å². The minimum absolute atomic E-state index is 0.168. The zero-order valence-electron chi connectivity index (χ0n) is 10.3. The van der Waals surface area contributed by atoms with E-state index in [1.54, 1.807) is 12.1 Å². The zero-order chi connectivity index (χ0) is 14.0. The van der Waals surface area contributed by atoms with E-state index >= 15 is 0 Å². The molecule has 2 nitrogen and oxygen atoms in total. The Kier molecular flexibility index (Phi) is 4.22. The van der Waals surface area contributed by atoms with Crippen molar-refractivity contribution in [3.05, 3.63) is 58.4 Å². The fraction of sp³-hybridized carbons (Fsp3) is 0.143. The number of hydrogen-bond donors (Lipinski definition) is 1. The molecule has 2 aromatic rings. The van der Waals surface area contributed by atoms with Gasteiger partial charge >= 0.3 is 0 Å². The van der Waals surface area contributed by atoms with Crippen LogP contribution >= 0.6 is 11.6 Å². The molecule has 0 saturated carbocycles. The van der Waals surface area contributed by atoms with Crippen LogP contribution in [0.15, 0.2) is 41.3 Å². The van der Waals surface area contributed by atoms with Gasteiger partial charge in [-0.15, -0.1) is 0 Å². The average Bonchev–Trinajstić information content (AvgIpc) is 2.36. The maximum absolute atomic E-state index is 13.2. The van der Waals surface area contributed by atoms with Crippen LogP contribution < -0.4 is 5.73 Å². The zero-order valence-corrected chi connectivity index (χ0v) is 11.9. The molecule has 0 heterocycles. The molecule has 0 aliphatic heterocycles. The summed E-state index contributed by atoms with van der Waals surface area (Å²) in [6.45, 7) is 1.86. The summed E-state index contributed by atoms with van der Waals surface area (Å²) in [5.74, 6) is -0.221. The van der Waals surface area contributed by atoms with Crippen molar-refractivity contribution < 1.29 is 8.60 Å². The fourth-order valence-corrected chi connectivity index (χ4v) is 3.37. The molecule has 1 unspecified atom stereocenters. The number of halogens is 2. The number of hydrogen-bond acceptors (Lipinski definition) is 2. The van der Waals surface area contributed by atoms with Gasteiger partial charge in [0.1, 0.15) is 5.82 Å². The summed E-state index contributed by atoms with van der Waals surface area (Å²) < 4.78 is 25.5. The Morgan fingerprint density at radius 3 is 2.74 bits per heavy atom. The third-order valence-corrected chi connectivity index (χ3v) is 4.62. The predicted octanol–water partition coefficient (Wildman–Crippen LogP) is 3.68. The Hall–Kier alpha value is -1.39. The van der Waals surface area contributed by atoms with E-state index in [-0.39, 0.29) is 11.6 Å².